The summed E-state index contributed by atoms with van der Waals surface area (Å²) in [5.74, 6) is 0.883. The van der Waals surface area contributed by atoms with Crippen molar-refractivity contribution in [3.63, 3.8) is 0 Å². The maximum Gasteiger partial charge on any atom is 0.416 e. The van der Waals surface area contributed by atoms with Crippen LogP contribution in [0.2, 0.25) is 0 Å². The number of hydrogen-bond donors (Lipinski definition) is 1. The Morgan fingerprint density at radius 1 is 0.923 bits per heavy atom. The molecule has 2 aliphatic heterocycles. The first-order chi connectivity index (χ1) is 18.4. The van der Waals surface area contributed by atoms with Gasteiger partial charge in [0.25, 0.3) is 0 Å². The van der Waals surface area contributed by atoms with E-state index >= 15 is 0 Å². The number of carbonyl (C=O) groups is 1. The number of benzene rings is 2. The lowest BCUT2D eigenvalue weighted by atomic mass is 9.87. The van der Waals surface area contributed by atoms with Crippen molar-refractivity contribution in [2.75, 3.05) is 36.4 Å². The second-order valence-electron chi connectivity index (χ2n) is 12.4. The van der Waals surface area contributed by atoms with E-state index in [0.29, 0.717) is 31.1 Å². The summed E-state index contributed by atoms with van der Waals surface area (Å²) in [6, 6.07) is 13.5. The van der Waals surface area contributed by atoms with E-state index in [9.17, 15) is 18.0 Å². The molecule has 39 heavy (non-hydrogen) atoms. The van der Waals surface area contributed by atoms with Gasteiger partial charge in [-0.3, -0.25) is 4.79 Å². The van der Waals surface area contributed by atoms with E-state index in [2.05, 4.69) is 55.3 Å². The van der Waals surface area contributed by atoms with Crippen LogP contribution in [0.3, 0.4) is 0 Å². The number of nitrogens with one attached hydrogen (secondary N) is 1. The highest BCUT2D eigenvalue weighted by atomic mass is 19.4. The highest BCUT2D eigenvalue weighted by molar-refractivity contribution is 5.76. The van der Waals surface area contributed by atoms with Crippen molar-refractivity contribution in [2.45, 2.75) is 90.3 Å². The predicted molar refractivity (Wildman–Crippen MR) is 153 cm³/mol. The van der Waals surface area contributed by atoms with Crippen LogP contribution in [-0.2, 0) is 16.4 Å². The molecule has 2 fully saturated rings. The van der Waals surface area contributed by atoms with Crippen molar-refractivity contribution >= 4 is 17.3 Å². The minimum Gasteiger partial charge on any atom is -0.382 e. The number of carbonyl (C=O) groups excluding carboxylic acids is 1. The van der Waals surface area contributed by atoms with Gasteiger partial charge in [0, 0.05) is 50.0 Å². The summed E-state index contributed by atoms with van der Waals surface area (Å²) >= 11 is 0. The summed E-state index contributed by atoms with van der Waals surface area (Å²) in [5.41, 5.74) is 2.95. The molecular weight excluding hydrogens is 499 g/mol. The largest absolute Gasteiger partial charge is 0.416 e. The van der Waals surface area contributed by atoms with Gasteiger partial charge in [-0.2, -0.15) is 13.2 Å². The van der Waals surface area contributed by atoms with E-state index in [4.69, 9.17) is 0 Å². The van der Waals surface area contributed by atoms with Gasteiger partial charge in [0.05, 0.1) is 5.56 Å². The van der Waals surface area contributed by atoms with Crippen molar-refractivity contribution < 1.29 is 18.0 Å². The Hall–Kier alpha value is -2.70. The first kappa shape index (κ1) is 29.3. The number of aryl methyl sites for hydroxylation is 1. The number of rotatable bonds is 7. The Bertz CT molecular complexity index is 1090. The Morgan fingerprint density at radius 3 is 2.15 bits per heavy atom. The quantitative estimate of drug-likeness (QED) is 0.387. The third-order valence-electron chi connectivity index (χ3n) is 8.48. The summed E-state index contributed by atoms with van der Waals surface area (Å²) in [4.78, 5) is 17.2. The smallest absolute Gasteiger partial charge is 0.382 e. The number of nitrogens with zero attached hydrogens (tertiary/aromatic N) is 2. The van der Waals surface area contributed by atoms with Crippen molar-refractivity contribution in [1.82, 2.24) is 4.90 Å². The zero-order valence-electron chi connectivity index (χ0n) is 23.9. The Labute approximate surface area is 232 Å². The standard InChI is InChI=1S/C32H44F3N3O/c1-23-8-11-27(22-29(23)32(33,34)35)36-26-16-20-38(21-17-26)30(39)7-5-6-24-14-18-37(19-15-24)28-12-9-25(10-13-28)31(2,3)4/h8-13,22,24,26,36H,5-7,14-21H2,1-4H3. The summed E-state index contributed by atoms with van der Waals surface area (Å²) in [7, 11) is 0. The van der Waals surface area contributed by atoms with Crippen LogP contribution >= 0.6 is 0 Å². The second kappa shape index (κ2) is 12.2. The van der Waals surface area contributed by atoms with Crippen molar-refractivity contribution in [2.24, 2.45) is 5.92 Å². The highest BCUT2D eigenvalue weighted by Gasteiger charge is 2.33. The molecule has 4 nitrogen and oxygen atoms in total. The monoisotopic (exact) mass is 543 g/mol. The molecule has 7 heteroatoms. The second-order valence-corrected chi connectivity index (χ2v) is 12.4. The van der Waals surface area contributed by atoms with Crippen LogP contribution in [0, 0.1) is 12.8 Å². The van der Waals surface area contributed by atoms with Crippen LogP contribution in [0.1, 0.15) is 82.4 Å². The van der Waals surface area contributed by atoms with Crippen LogP contribution in [0.5, 0.6) is 0 Å². The molecule has 0 bridgehead atoms. The average Bonchev–Trinajstić information content (AvgIpc) is 2.89. The molecule has 2 aromatic carbocycles. The Morgan fingerprint density at radius 2 is 1.56 bits per heavy atom. The molecule has 2 aromatic rings. The minimum atomic E-state index is -4.35. The zero-order chi connectivity index (χ0) is 28.2. The maximum absolute atomic E-state index is 13.2. The van der Waals surface area contributed by atoms with E-state index in [1.54, 1.807) is 6.07 Å². The average molecular weight is 544 g/mol. The molecule has 214 valence electrons. The molecule has 0 unspecified atom stereocenters. The third-order valence-corrected chi connectivity index (χ3v) is 8.48. The normalized spacial score (nSPS) is 17.9. The summed E-state index contributed by atoms with van der Waals surface area (Å²) in [6.45, 7) is 11.6. The number of likely N-dealkylation sites (tertiary alicyclic amines) is 1. The summed E-state index contributed by atoms with van der Waals surface area (Å²) < 4.78 is 39.7. The molecule has 0 atom stereocenters. The lowest BCUT2D eigenvalue weighted by Crippen LogP contribution is -2.42. The Kier molecular flexibility index (Phi) is 9.18. The van der Waals surface area contributed by atoms with Gasteiger partial charge in [-0.15, -0.1) is 0 Å². The molecule has 0 aliphatic carbocycles. The van der Waals surface area contributed by atoms with Crippen molar-refractivity contribution in [3.05, 3.63) is 59.2 Å². The zero-order valence-corrected chi connectivity index (χ0v) is 23.9. The fourth-order valence-corrected chi connectivity index (χ4v) is 5.88. The molecule has 0 spiro atoms. The molecule has 4 rings (SSSR count). The minimum absolute atomic E-state index is 0.0766. The molecule has 1 amide bonds. The van der Waals surface area contributed by atoms with Gasteiger partial charge in [0.1, 0.15) is 0 Å². The molecule has 2 saturated heterocycles. The van der Waals surface area contributed by atoms with Gasteiger partial charge in [0.15, 0.2) is 0 Å². The number of anilines is 2. The molecule has 2 aliphatic rings. The Balaban J connectivity index is 1.14. The third kappa shape index (κ3) is 7.92. The number of piperidine rings is 2. The van der Waals surface area contributed by atoms with E-state index < -0.39 is 11.7 Å². The van der Waals surface area contributed by atoms with Gasteiger partial charge in [-0.25, -0.2) is 0 Å². The van der Waals surface area contributed by atoms with E-state index in [1.807, 2.05) is 4.90 Å². The molecule has 0 aromatic heterocycles. The lowest BCUT2D eigenvalue weighted by Gasteiger charge is -2.34. The van der Waals surface area contributed by atoms with E-state index in [0.717, 1.165) is 38.8 Å². The van der Waals surface area contributed by atoms with Crippen LogP contribution in [0.4, 0.5) is 24.5 Å². The van der Waals surface area contributed by atoms with Crippen LogP contribution < -0.4 is 10.2 Å². The number of alkyl halides is 3. The molecule has 1 N–H and O–H groups in total. The van der Waals surface area contributed by atoms with Gasteiger partial charge in [-0.1, -0.05) is 39.0 Å². The SMILES string of the molecule is Cc1ccc(NC2CCN(C(=O)CCCC3CCN(c4ccc(C(C)(C)C)cc4)CC3)CC2)cc1C(F)(F)F. The van der Waals surface area contributed by atoms with Crippen molar-refractivity contribution in [3.8, 4) is 0 Å². The van der Waals surface area contributed by atoms with Crippen LogP contribution in [0.15, 0.2) is 42.5 Å². The fraction of sp³-hybridized carbons (Fsp3) is 0.594. The van der Waals surface area contributed by atoms with Gasteiger partial charge >= 0.3 is 6.18 Å². The highest BCUT2D eigenvalue weighted by Crippen LogP contribution is 2.34. The first-order valence-electron chi connectivity index (χ1n) is 14.5. The van der Waals surface area contributed by atoms with Gasteiger partial charge < -0.3 is 15.1 Å². The first-order valence-corrected chi connectivity index (χ1v) is 14.5. The van der Waals surface area contributed by atoms with Gasteiger partial charge in [-0.05, 0) is 92.2 Å². The fourth-order valence-electron chi connectivity index (χ4n) is 5.88. The summed E-state index contributed by atoms with van der Waals surface area (Å²) in [6.07, 6.45) is 2.07. The summed E-state index contributed by atoms with van der Waals surface area (Å²) in [5, 5.41) is 3.25. The topological polar surface area (TPSA) is 35.6 Å². The molecule has 0 radical (unpaired) electrons. The molecule has 0 saturated carbocycles. The maximum atomic E-state index is 13.2. The predicted octanol–water partition coefficient (Wildman–Crippen LogP) is 7.80. The molecular formula is C32H44F3N3O. The number of amides is 1. The van der Waals surface area contributed by atoms with Crippen LogP contribution in [0.25, 0.3) is 0 Å². The number of halogens is 3. The lowest BCUT2D eigenvalue weighted by molar-refractivity contribution is -0.138. The number of hydrogen-bond acceptors (Lipinski definition) is 3. The van der Waals surface area contributed by atoms with E-state index in [-0.39, 0.29) is 22.9 Å². The van der Waals surface area contributed by atoms with E-state index in [1.165, 1.54) is 43.1 Å². The van der Waals surface area contributed by atoms with Gasteiger partial charge in [0.2, 0.25) is 5.91 Å². The van der Waals surface area contributed by atoms with Crippen molar-refractivity contribution in [1.29, 1.82) is 0 Å². The van der Waals surface area contributed by atoms with Crippen LogP contribution in [-0.4, -0.2) is 43.0 Å². The molecule has 2 heterocycles.